The first-order valence-electron chi connectivity index (χ1n) is 5.93. The summed E-state index contributed by atoms with van der Waals surface area (Å²) in [6, 6.07) is 4.97. The molecule has 0 radical (unpaired) electrons. The highest BCUT2D eigenvalue weighted by atomic mass is 16.5. The van der Waals surface area contributed by atoms with E-state index in [1.807, 2.05) is 13.8 Å². The average molecular weight is 252 g/mol. The van der Waals surface area contributed by atoms with Crippen molar-refractivity contribution < 1.29 is 14.6 Å². The van der Waals surface area contributed by atoms with Gasteiger partial charge < -0.3 is 20.5 Å². The second kappa shape index (κ2) is 6.86. The smallest absolute Gasteiger partial charge is 0.251 e. The number of nitrogens with one attached hydrogen (secondary N) is 2. The highest BCUT2D eigenvalue weighted by molar-refractivity contribution is 5.94. The Morgan fingerprint density at radius 1 is 1.39 bits per heavy atom. The fraction of sp³-hybridized carbons (Fsp3) is 0.462. The summed E-state index contributed by atoms with van der Waals surface area (Å²) in [7, 11) is 1.46. The molecule has 0 saturated heterocycles. The van der Waals surface area contributed by atoms with Crippen LogP contribution in [0.15, 0.2) is 18.2 Å². The van der Waals surface area contributed by atoms with Gasteiger partial charge in [-0.05, 0) is 18.2 Å². The van der Waals surface area contributed by atoms with Gasteiger partial charge in [-0.1, -0.05) is 13.8 Å². The number of aromatic hydroxyl groups is 1. The Labute approximate surface area is 107 Å². The first-order valence-corrected chi connectivity index (χ1v) is 5.93. The van der Waals surface area contributed by atoms with Crippen LogP contribution < -0.4 is 15.4 Å². The molecule has 3 N–H and O–H groups in total. The van der Waals surface area contributed by atoms with E-state index in [4.69, 9.17) is 4.74 Å². The summed E-state index contributed by atoms with van der Waals surface area (Å²) in [5, 5.41) is 15.5. The number of benzene rings is 1. The number of phenols is 1. The second-order valence-corrected chi connectivity index (χ2v) is 4.25. The molecule has 0 aliphatic rings. The van der Waals surface area contributed by atoms with Gasteiger partial charge in [-0.25, -0.2) is 0 Å². The Morgan fingerprint density at radius 2 is 2.11 bits per heavy atom. The monoisotopic (exact) mass is 252 g/mol. The van der Waals surface area contributed by atoms with Crippen LogP contribution in [-0.2, 0) is 0 Å². The van der Waals surface area contributed by atoms with Crippen LogP contribution in [0.4, 0.5) is 0 Å². The highest BCUT2D eigenvalue weighted by Gasteiger charge is 2.08. The minimum absolute atomic E-state index is 0.0366. The standard InChI is InChI=1S/C13H20N2O3/c1-9(2)14-6-7-15-13(17)10-4-5-12(18-3)11(16)8-10/h4-5,8-9,14,16H,6-7H2,1-3H3,(H,15,17). The summed E-state index contributed by atoms with van der Waals surface area (Å²) in [6.07, 6.45) is 0. The molecule has 0 atom stereocenters. The first kappa shape index (κ1) is 14.3. The van der Waals surface area contributed by atoms with E-state index >= 15 is 0 Å². The van der Waals surface area contributed by atoms with Gasteiger partial charge >= 0.3 is 0 Å². The van der Waals surface area contributed by atoms with E-state index in [1.165, 1.54) is 13.2 Å². The van der Waals surface area contributed by atoms with Crippen molar-refractivity contribution in [2.24, 2.45) is 0 Å². The van der Waals surface area contributed by atoms with E-state index in [2.05, 4.69) is 10.6 Å². The third kappa shape index (κ3) is 4.25. The van der Waals surface area contributed by atoms with Crippen molar-refractivity contribution >= 4 is 5.91 Å². The van der Waals surface area contributed by atoms with E-state index < -0.39 is 0 Å². The van der Waals surface area contributed by atoms with Crippen LogP contribution in [0.3, 0.4) is 0 Å². The minimum atomic E-state index is -0.210. The van der Waals surface area contributed by atoms with Gasteiger partial charge in [0.25, 0.3) is 5.91 Å². The van der Waals surface area contributed by atoms with Gasteiger partial charge in [0.2, 0.25) is 0 Å². The molecule has 1 aromatic carbocycles. The van der Waals surface area contributed by atoms with Gasteiger partial charge in [-0.2, -0.15) is 0 Å². The lowest BCUT2D eigenvalue weighted by atomic mass is 10.2. The van der Waals surface area contributed by atoms with Gasteiger partial charge in [0.05, 0.1) is 7.11 Å². The molecule has 0 saturated carbocycles. The van der Waals surface area contributed by atoms with Gasteiger partial charge in [0.15, 0.2) is 11.5 Å². The molecule has 100 valence electrons. The number of hydrogen-bond donors (Lipinski definition) is 3. The van der Waals surface area contributed by atoms with Crippen molar-refractivity contribution in [1.29, 1.82) is 0 Å². The first-order chi connectivity index (χ1) is 8.54. The quantitative estimate of drug-likeness (QED) is 0.664. The molecule has 0 aromatic heterocycles. The maximum Gasteiger partial charge on any atom is 0.251 e. The molecule has 1 amide bonds. The summed E-state index contributed by atoms with van der Waals surface area (Å²) in [4.78, 5) is 11.8. The third-order valence-electron chi connectivity index (χ3n) is 2.40. The molecule has 0 aliphatic heterocycles. The molecule has 5 heteroatoms. The van der Waals surface area contributed by atoms with Crippen molar-refractivity contribution in [1.82, 2.24) is 10.6 Å². The topological polar surface area (TPSA) is 70.6 Å². The molecule has 0 unspecified atom stereocenters. The summed E-state index contributed by atoms with van der Waals surface area (Å²) in [6.45, 7) is 5.35. The zero-order chi connectivity index (χ0) is 13.5. The zero-order valence-electron chi connectivity index (χ0n) is 11.0. The van der Waals surface area contributed by atoms with Crippen molar-refractivity contribution in [3.8, 4) is 11.5 Å². The lowest BCUT2D eigenvalue weighted by Gasteiger charge is -2.10. The lowest BCUT2D eigenvalue weighted by molar-refractivity contribution is 0.0953. The van der Waals surface area contributed by atoms with E-state index in [0.29, 0.717) is 30.4 Å². The number of ether oxygens (including phenoxy) is 1. The molecule has 0 bridgehead atoms. The highest BCUT2D eigenvalue weighted by Crippen LogP contribution is 2.25. The van der Waals surface area contributed by atoms with Gasteiger partial charge in [-0.15, -0.1) is 0 Å². The Balaban J connectivity index is 2.49. The Kier molecular flexibility index (Phi) is 5.45. The third-order valence-corrected chi connectivity index (χ3v) is 2.40. The maximum atomic E-state index is 11.8. The summed E-state index contributed by atoms with van der Waals surface area (Å²) < 4.78 is 4.91. The number of rotatable bonds is 6. The number of phenolic OH excluding ortho intramolecular Hbond substituents is 1. The number of carbonyl (C=O) groups excluding carboxylic acids is 1. The molecule has 0 heterocycles. The van der Waals surface area contributed by atoms with Crippen molar-refractivity contribution in [2.75, 3.05) is 20.2 Å². The number of amides is 1. The van der Waals surface area contributed by atoms with Crippen LogP contribution >= 0.6 is 0 Å². The fourth-order valence-corrected chi connectivity index (χ4v) is 1.47. The number of methoxy groups -OCH3 is 1. The second-order valence-electron chi connectivity index (χ2n) is 4.25. The fourth-order valence-electron chi connectivity index (χ4n) is 1.47. The van der Waals surface area contributed by atoms with Crippen LogP contribution in [0.1, 0.15) is 24.2 Å². The molecule has 0 aliphatic carbocycles. The zero-order valence-corrected chi connectivity index (χ0v) is 11.0. The van der Waals surface area contributed by atoms with Crippen molar-refractivity contribution in [2.45, 2.75) is 19.9 Å². The average Bonchev–Trinajstić information content (AvgIpc) is 2.34. The van der Waals surface area contributed by atoms with Crippen molar-refractivity contribution in [3.05, 3.63) is 23.8 Å². The predicted molar refractivity (Wildman–Crippen MR) is 70.1 cm³/mol. The predicted octanol–water partition coefficient (Wildman–Crippen LogP) is 1.13. The van der Waals surface area contributed by atoms with Crippen LogP contribution in [0.25, 0.3) is 0 Å². The van der Waals surface area contributed by atoms with Crippen molar-refractivity contribution in [3.63, 3.8) is 0 Å². The largest absolute Gasteiger partial charge is 0.504 e. The molecule has 1 rings (SSSR count). The molecule has 5 nitrogen and oxygen atoms in total. The molecule has 18 heavy (non-hydrogen) atoms. The van der Waals surface area contributed by atoms with Gasteiger partial charge in [0.1, 0.15) is 0 Å². The molecular formula is C13H20N2O3. The molecule has 0 fully saturated rings. The molecule has 0 spiro atoms. The SMILES string of the molecule is COc1ccc(C(=O)NCCNC(C)C)cc1O. The number of hydrogen-bond acceptors (Lipinski definition) is 4. The normalized spacial score (nSPS) is 10.4. The van der Waals surface area contributed by atoms with Crippen LogP contribution in [0, 0.1) is 0 Å². The Bertz CT molecular complexity index is 405. The maximum absolute atomic E-state index is 11.8. The van der Waals surface area contributed by atoms with E-state index in [1.54, 1.807) is 12.1 Å². The summed E-state index contributed by atoms with van der Waals surface area (Å²) in [5.41, 5.74) is 0.415. The molecular weight excluding hydrogens is 232 g/mol. The van der Waals surface area contributed by atoms with Crippen LogP contribution in [-0.4, -0.2) is 37.3 Å². The van der Waals surface area contributed by atoms with E-state index in [0.717, 1.165) is 0 Å². The van der Waals surface area contributed by atoms with Crippen LogP contribution in [0.2, 0.25) is 0 Å². The minimum Gasteiger partial charge on any atom is -0.504 e. The van der Waals surface area contributed by atoms with Gasteiger partial charge in [0, 0.05) is 24.7 Å². The van der Waals surface area contributed by atoms with E-state index in [9.17, 15) is 9.90 Å². The summed E-state index contributed by atoms with van der Waals surface area (Å²) in [5.74, 6) is 0.108. The summed E-state index contributed by atoms with van der Waals surface area (Å²) >= 11 is 0. The Hall–Kier alpha value is -1.75. The van der Waals surface area contributed by atoms with E-state index in [-0.39, 0.29) is 11.7 Å². The number of carbonyl (C=O) groups is 1. The lowest BCUT2D eigenvalue weighted by Crippen LogP contribution is -2.34. The van der Waals surface area contributed by atoms with Gasteiger partial charge in [-0.3, -0.25) is 4.79 Å². The van der Waals surface area contributed by atoms with Crippen LogP contribution in [0.5, 0.6) is 11.5 Å². The Morgan fingerprint density at radius 3 is 2.67 bits per heavy atom. The molecule has 1 aromatic rings.